The second-order valence-corrected chi connectivity index (χ2v) is 7.51. The van der Waals surface area contributed by atoms with Crippen molar-refractivity contribution < 1.29 is 4.74 Å². The molecule has 0 aliphatic heterocycles. The highest BCUT2D eigenvalue weighted by Crippen LogP contribution is 2.38. The molecule has 3 rings (SSSR count). The van der Waals surface area contributed by atoms with Crippen LogP contribution in [0, 0.1) is 0 Å². The molecule has 0 amide bonds. The molecule has 0 fully saturated rings. The van der Waals surface area contributed by atoms with Crippen LogP contribution in [0.2, 0.25) is 10.0 Å². The van der Waals surface area contributed by atoms with Crippen molar-refractivity contribution >= 4 is 35.2 Å². The van der Waals surface area contributed by atoms with Crippen molar-refractivity contribution in [3.63, 3.8) is 0 Å². The Morgan fingerprint density at radius 3 is 2.52 bits per heavy atom. The van der Waals surface area contributed by atoms with Gasteiger partial charge in [-0.1, -0.05) is 54.1 Å². The lowest BCUT2D eigenvalue weighted by Gasteiger charge is -2.14. The second-order valence-electron chi connectivity index (χ2n) is 6.66. The number of methoxy groups -OCH3 is 1. The molecule has 4 nitrogen and oxygen atoms in total. The van der Waals surface area contributed by atoms with Gasteiger partial charge in [0.1, 0.15) is 11.6 Å². The molecule has 3 aromatic rings. The number of rotatable bonds is 8. The lowest BCUT2D eigenvalue weighted by Crippen LogP contribution is -1.96. The van der Waals surface area contributed by atoms with Crippen LogP contribution in [0.1, 0.15) is 13.3 Å². The van der Waals surface area contributed by atoms with Crippen LogP contribution in [0.25, 0.3) is 22.3 Å². The lowest BCUT2D eigenvalue weighted by molar-refractivity contribution is 0.415. The number of nitrogens with zero attached hydrogens (tertiary/aromatic N) is 2. The van der Waals surface area contributed by atoms with Gasteiger partial charge in [0.25, 0.3) is 0 Å². The SMILES string of the molecule is C=C/C(=C/C)C/C=N/Nc1cc(-c2ccc(Cl)cc2)c(-c2ccc(OC)cc2Cl)cn1. The monoisotopic (exact) mass is 451 g/mol. The van der Waals surface area contributed by atoms with Crippen LogP contribution >= 0.6 is 23.2 Å². The fourth-order valence-electron chi connectivity index (χ4n) is 3.02. The highest BCUT2D eigenvalue weighted by atomic mass is 35.5. The van der Waals surface area contributed by atoms with Gasteiger partial charge in [0.2, 0.25) is 0 Å². The Bertz CT molecular complexity index is 1120. The van der Waals surface area contributed by atoms with Crippen molar-refractivity contribution in [2.24, 2.45) is 5.10 Å². The number of ether oxygens (including phenoxy) is 1. The van der Waals surface area contributed by atoms with Gasteiger partial charge in [0.05, 0.1) is 12.1 Å². The van der Waals surface area contributed by atoms with Crippen molar-refractivity contribution in [1.82, 2.24) is 4.98 Å². The van der Waals surface area contributed by atoms with Crippen LogP contribution in [0.5, 0.6) is 5.75 Å². The fourth-order valence-corrected chi connectivity index (χ4v) is 3.42. The van der Waals surface area contributed by atoms with Gasteiger partial charge >= 0.3 is 0 Å². The van der Waals surface area contributed by atoms with E-state index in [2.05, 4.69) is 22.1 Å². The molecule has 1 N–H and O–H groups in total. The van der Waals surface area contributed by atoms with Crippen LogP contribution in [0.15, 0.2) is 84.1 Å². The topological polar surface area (TPSA) is 46.5 Å². The van der Waals surface area contributed by atoms with Gasteiger partial charge in [-0.15, -0.1) is 0 Å². The van der Waals surface area contributed by atoms with Crippen molar-refractivity contribution in [3.8, 4) is 28.0 Å². The van der Waals surface area contributed by atoms with Crippen LogP contribution in [-0.4, -0.2) is 18.3 Å². The normalized spacial score (nSPS) is 11.5. The second kappa shape index (κ2) is 10.8. The van der Waals surface area contributed by atoms with Gasteiger partial charge in [-0.05, 0) is 60.0 Å². The predicted octanol–water partition coefficient (Wildman–Crippen LogP) is 7.65. The summed E-state index contributed by atoms with van der Waals surface area (Å²) in [6.45, 7) is 5.76. The zero-order chi connectivity index (χ0) is 22.2. The molecule has 0 aliphatic carbocycles. The van der Waals surface area contributed by atoms with Gasteiger partial charge in [-0.25, -0.2) is 4.98 Å². The summed E-state index contributed by atoms with van der Waals surface area (Å²) in [5.41, 5.74) is 7.80. The van der Waals surface area contributed by atoms with Crippen LogP contribution in [0.3, 0.4) is 0 Å². The first-order chi connectivity index (χ1) is 15.0. The molecule has 0 saturated carbocycles. The molecule has 0 bridgehead atoms. The maximum atomic E-state index is 6.55. The number of hydrogen-bond acceptors (Lipinski definition) is 4. The zero-order valence-corrected chi connectivity index (χ0v) is 18.9. The molecule has 1 heterocycles. The summed E-state index contributed by atoms with van der Waals surface area (Å²) in [6, 6.07) is 15.2. The van der Waals surface area contributed by atoms with E-state index in [0.29, 0.717) is 28.0 Å². The summed E-state index contributed by atoms with van der Waals surface area (Å²) >= 11 is 12.6. The Kier molecular flexibility index (Phi) is 7.88. The predicted molar refractivity (Wildman–Crippen MR) is 132 cm³/mol. The summed E-state index contributed by atoms with van der Waals surface area (Å²) in [4.78, 5) is 4.52. The van der Waals surface area contributed by atoms with Gasteiger partial charge in [-0.3, -0.25) is 5.43 Å². The maximum Gasteiger partial charge on any atom is 0.146 e. The molecular formula is C25H23Cl2N3O. The average Bonchev–Trinajstić information content (AvgIpc) is 2.79. The third kappa shape index (κ3) is 5.75. The molecule has 2 aromatic carbocycles. The van der Waals surface area contributed by atoms with E-state index in [-0.39, 0.29) is 0 Å². The average molecular weight is 452 g/mol. The largest absolute Gasteiger partial charge is 0.497 e. The van der Waals surface area contributed by atoms with Gasteiger partial charge in [0.15, 0.2) is 0 Å². The molecule has 31 heavy (non-hydrogen) atoms. The number of allylic oxidation sites excluding steroid dienone is 3. The van der Waals surface area contributed by atoms with Gasteiger partial charge in [0, 0.05) is 35.0 Å². The first-order valence-corrected chi connectivity index (χ1v) is 10.5. The Morgan fingerprint density at radius 1 is 1.10 bits per heavy atom. The molecule has 0 saturated heterocycles. The number of hydrazone groups is 1. The number of pyridine rings is 1. The number of anilines is 1. The number of halogens is 2. The van der Waals surface area contributed by atoms with E-state index in [1.165, 1.54) is 0 Å². The van der Waals surface area contributed by atoms with Crippen LogP contribution in [0.4, 0.5) is 5.82 Å². The summed E-state index contributed by atoms with van der Waals surface area (Å²) in [6.07, 6.45) is 8.09. The van der Waals surface area contributed by atoms with E-state index in [1.54, 1.807) is 25.6 Å². The molecule has 0 spiro atoms. The van der Waals surface area contributed by atoms with Crippen molar-refractivity contribution in [2.45, 2.75) is 13.3 Å². The fraction of sp³-hybridized carbons (Fsp3) is 0.120. The van der Waals surface area contributed by atoms with E-state index in [4.69, 9.17) is 27.9 Å². The minimum atomic E-state index is 0.582. The molecule has 0 aliphatic rings. The molecule has 1 aromatic heterocycles. The highest BCUT2D eigenvalue weighted by molar-refractivity contribution is 6.33. The number of aromatic nitrogens is 1. The third-order valence-electron chi connectivity index (χ3n) is 4.76. The Hall–Kier alpha value is -3.08. The summed E-state index contributed by atoms with van der Waals surface area (Å²) < 4.78 is 5.27. The Balaban J connectivity index is 1.99. The molecule has 0 radical (unpaired) electrons. The van der Waals surface area contributed by atoms with Crippen LogP contribution in [-0.2, 0) is 0 Å². The van der Waals surface area contributed by atoms with Crippen molar-refractivity contribution in [3.05, 3.63) is 89.1 Å². The first-order valence-electron chi connectivity index (χ1n) is 9.70. The van der Waals surface area contributed by atoms with E-state index >= 15 is 0 Å². The molecule has 0 atom stereocenters. The number of hydrogen-bond donors (Lipinski definition) is 1. The maximum absolute atomic E-state index is 6.55. The molecule has 6 heteroatoms. The lowest BCUT2D eigenvalue weighted by atomic mass is 9.96. The van der Waals surface area contributed by atoms with Gasteiger partial charge in [-0.2, -0.15) is 5.10 Å². The Morgan fingerprint density at radius 2 is 1.87 bits per heavy atom. The molecular weight excluding hydrogens is 429 g/mol. The number of benzene rings is 2. The van der Waals surface area contributed by atoms with E-state index < -0.39 is 0 Å². The van der Waals surface area contributed by atoms with E-state index in [0.717, 1.165) is 27.8 Å². The van der Waals surface area contributed by atoms with Crippen LogP contribution < -0.4 is 10.2 Å². The molecule has 0 unspecified atom stereocenters. The standard InChI is InChI=1S/C25H23Cl2N3O/c1-4-17(5-2)12-13-29-30-25-15-22(18-6-8-19(26)9-7-18)23(16-28-25)21-11-10-20(31-3)14-24(21)27/h4-11,13-16H,1,12H2,2-3H3,(H,28,30)/b17-5-,29-13+. The first kappa shape index (κ1) is 22.6. The third-order valence-corrected chi connectivity index (χ3v) is 5.32. The van der Waals surface area contributed by atoms with E-state index in [1.807, 2.05) is 61.5 Å². The minimum absolute atomic E-state index is 0.582. The highest BCUT2D eigenvalue weighted by Gasteiger charge is 2.13. The smallest absolute Gasteiger partial charge is 0.146 e. The number of nitrogens with one attached hydrogen (secondary N) is 1. The summed E-state index contributed by atoms with van der Waals surface area (Å²) in [5, 5.41) is 5.53. The zero-order valence-electron chi connectivity index (χ0n) is 17.4. The summed E-state index contributed by atoms with van der Waals surface area (Å²) in [5.74, 6) is 1.32. The summed E-state index contributed by atoms with van der Waals surface area (Å²) in [7, 11) is 1.61. The van der Waals surface area contributed by atoms with Crippen molar-refractivity contribution in [2.75, 3.05) is 12.5 Å². The molecule has 158 valence electrons. The quantitative estimate of drug-likeness (QED) is 0.217. The van der Waals surface area contributed by atoms with E-state index in [9.17, 15) is 0 Å². The minimum Gasteiger partial charge on any atom is -0.497 e. The Labute approximate surface area is 192 Å². The van der Waals surface area contributed by atoms with Gasteiger partial charge < -0.3 is 4.74 Å². The van der Waals surface area contributed by atoms with Crippen molar-refractivity contribution in [1.29, 1.82) is 0 Å².